The third kappa shape index (κ3) is 4.99. The van der Waals surface area contributed by atoms with E-state index in [1.54, 1.807) is 0 Å². The number of ether oxygens (including phenoxy) is 1. The largest absolute Gasteiger partial charge is 0.444 e. The quantitative estimate of drug-likeness (QED) is 0.367. The zero-order valence-corrected chi connectivity index (χ0v) is 23.1. The van der Waals surface area contributed by atoms with Crippen molar-refractivity contribution in [3.05, 3.63) is 54.1 Å². The second-order valence-corrected chi connectivity index (χ2v) is 11.5. The van der Waals surface area contributed by atoms with Gasteiger partial charge in [-0.25, -0.2) is 9.78 Å². The molecule has 3 heterocycles. The van der Waals surface area contributed by atoms with Crippen LogP contribution >= 0.6 is 0 Å². The van der Waals surface area contributed by atoms with E-state index in [0.29, 0.717) is 18.7 Å². The average molecular weight is 516 g/mol. The predicted molar refractivity (Wildman–Crippen MR) is 150 cm³/mol. The minimum atomic E-state index is -0.561. The summed E-state index contributed by atoms with van der Waals surface area (Å²) in [6.45, 7) is 11.0. The molecular weight excluding hydrogens is 478 g/mol. The summed E-state index contributed by atoms with van der Waals surface area (Å²) < 4.78 is 9.80. The van der Waals surface area contributed by atoms with Crippen LogP contribution in [0.3, 0.4) is 0 Å². The third-order valence-electron chi connectivity index (χ3n) is 7.05. The smallest absolute Gasteiger partial charge is 0.407 e. The molecule has 2 aromatic carbocycles. The number of alkyl carbamates (subject to hydrolysis) is 1. The van der Waals surface area contributed by atoms with Crippen LogP contribution in [0.4, 0.5) is 4.79 Å². The van der Waals surface area contributed by atoms with Crippen LogP contribution < -0.4 is 5.32 Å². The minimum absolute atomic E-state index is 0.0499. The maximum Gasteiger partial charge on any atom is 0.407 e. The Hall–Kier alpha value is -3.81. The van der Waals surface area contributed by atoms with Gasteiger partial charge in [-0.3, -0.25) is 4.79 Å². The van der Waals surface area contributed by atoms with Crippen LogP contribution in [0.25, 0.3) is 33.5 Å². The molecule has 0 saturated carbocycles. The van der Waals surface area contributed by atoms with E-state index < -0.39 is 11.7 Å². The molecule has 1 N–H and O–H groups in total. The number of hydrogen-bond acceptors (Lipinski definition) is 4. The molecule has 2 aromatic heterocycles. The van der Waals surface area contributed by atoms with Gasteiger partial charge < -0.3 is 24.1 Å². The first-order chi connectivity index (χ1) is 18.0. The molecule has 2 amide bonds. The van der Waals surface area contributed by atoms with E-state index in [4.69, 9.17) is 9.72 Å². The molecule has 4 aromatic rings. The number of carbonyl (C=O) groups is 2. The van der Waals surface area contributed by atoms with Gasteiger partial charge in [0, 0.05) is 48.7 Å². The number of aryl methyl sites for hydroxylation is 1. The number of imidazole rings is 1. The summed E-state index contributed by atoms with van der Waals surface area (Å²) in [4.78, 5) is 32.5. The highest BCUT2D eigenvalue weighted by Crippen LogP contribution is 2.33. The first-order valence-corrected chi connectivity index (χ1v) is 13.4. The summed E-state index contributed by atoms with van der Waals surface area (Å²) in [5.74, 6) is 0.820. The second-order valence-electron chi connectivity index (χ2n) is 11.5. The zero-order valence-electron chi connectivity index (χ0n) is 23.1. The van der Waals surface area contributed by atoms with Gasteiger partial charge in [0.1, 0.15) is 5.60 Å². The monoisotopic (exact) mass is 515 g/mol. The summed E-state index contributed by atoms with van der Waals surface area (Å²) >= 11 is 0. The number of rotatable bonds is 4. The molecule has 0 aliphatic carbocycles. The van der Waals surface area contributed by atoms with Gasteiger partial charge in [0.25, 0.3) is 5.91 Å². The van der Waals surface area contributed by atoms with E-state index >= 15 is 0 Å². The van der Waals surface area contributed by atoms with Crippen LogP contribution in [0, 0.1) is 0 Å². The number of benzene rings is 2. The van der Waals surface area contributed by atoms with E-state index in [1.807, 2.05) is 50.9 Å². The maximum atomic E-state index is 13.5. The van der Waals surface area contributed by atoms with Gasteiger partial charge in [-0.2, -0.15) is 0 Å². The number of nitrogens with one attached hydrogen (secondary N) is 1. The van der Waals surface area contributed by atoms with Gasteiger partial charge in [0.15, 0.2) is 5.82 Å². The lowest BCUT2D eigenvalue weighted by atomic mass is 10.0. The van der Waals surface area contributed by atoms with Gasteiger partial charge in [0.05, 0.1) is 16.7 Å². The second kappa shape index (κ2) is 9.82. The lowest BCUT2D eigenvalue weighted by Crippen LogP contribution is -2.50. The maximum absolute atomic E-state index is 13.5. The summed E-state index contributed by atoms with van der Waals surface area (Å²) in [7, 11) is 2.02. The van der Waals surface area contributed by atoms with Crippen LogP contribution in [-0.2, 0) is 11.8 Å². The number of carbonyl (C=O) groups excluding carboxylic acids is 2. The Bertz CT molecular complexity index is 1510. The van der Waals surface area contributed by atoms with Gasteiger partial charge in [0.2, 0.25) is 0 Å². The molecule has 8 nitrogen and oxygen atoms in total. The third-order valence-corrected chi connectivity index (χ3v) is 7.05. The summed E-state index contributed by atoms with van der Waals surface area (Å²) in [5.41, 5.74) is 4.04. The van der Waals surface area contributed by atoms with E-state index in [9.17, 15) is 9.59 Å². The Balaban J connectivity index is 1.41. The van der Waals surface area contributed by atoms with Crippen LogP contribution in [0.15, 0.2) is 48.5 Å². The van der Waals surface area contributed by atoms with Crippen molar-refractivity contribution in [3.8, 4) is 11.5 Å². The lowest BCUT2D eigenvalue weighted by Gasteiger charge is -2.33. The van der Waals surface area contributed by atoms with Gasteiger partial charge in [-0.15, -0.1) is 0 Å². The number of para-hydroxylation sites is 1. The number of fused-ring (bicyclic) bond motifs is 2. The first-order valence-electron chi connectivity index (χ1n) is 13.4. The molecule has 1 fully saturated rings. The topological polar surface area (TPSA) is 81.4 Å². The molecule has 1 aliphatic rings. The highest BCUT2D eigenvalue weighted by Gasteiger charge is 2.28. The van der Waals surface area contributed by atoms with Crippen molar-refractivity contribution in [1.29, 1.82) is 0 Å². The van der Waals surface area contributed by atoms with Crippen molar-refractivity contribution >= 4 is 33.9 Å². The fourth-order valence-electron chi connectivity index (χ4n) is 5.40. The lowest BCUT2D eigenvalue weighted by molar-refractivity contribution is 0.0452. The fraction of sp³-hybridized carbons (Fsp3) is 0.433. The van der Waals surface area contributed by atoms with Crippen LogP contribution in [0.5, 0.6) is 0 Å². The first kappa shape index (κ1) is 25.8. The summed E-state index contributed by atoms with van der Waals surface area (Å²) in [6, 6.07) is 16.4. The number of likely N-dealkylation sites (tertiary alicyclic amines) is 1. The molecule has 0 spiro atoms. The highest BCUT2D eigenvalue weighted by atomic mass is 16.6. The standard InChI is InChI=1S/C30H37N5O3/c1-19(2)35-24-12-8-7-10-20(24)17-26(35)27-32-23-16-21(13-14-25(23)33(27)6)28(36)34-15-9-11-22(18-34)31-29(37)38-30(3,4)5/h7-8,10,12-14,16-17,19,22H,9,11,15,18H2,1-6H3,(H,31,37)/t22-/m1/s1. The normalized spacial score (nSPS) is 16.4. The number of hydrogen-bond donors (Lipinski definition) is 1. The number of aromatic nitrogens is 3. The van der Waals surface area contributed by atoms with Gasteiger partial charge >= 0.3 is 6.09 Å². The van der Waals surface area contributed by atoms with E-state index in [-0.39, 0.29) is 18.0 Å². The van der Waals surface area contributed by atoms with Gasteiger partial charge in [-0.1, -0.05) is 18.2 Å². The average Bonchev–Trinajstić information content (AvgIpc) is 3.40. The number of amides is 2. The Morgan fingerprint density at radius 2 is 1.84 bits per heavy atom. The van der Waals surface area contributed by atoms with Crippen molar-refractivity contribution in [2.24, 2.45) is 7.05 Å². The van der Waals surface area contributed by atoms with Crippen LogP contribution in [-0.4, -0.2) is 55.8 Å². The highest BCUT2D eigenvalue weighted by molar-refractivity contribution is 5.98. The Labute approximate surface area is 223 Å². The van der Waals surface area contributed by atoms with Crippen molar-refractivity contribution < 1.29 is 14.3 Å². The minimum Gasteiger partial charge on any atom is -0.444 e. The van der Waals surface area contributed by atoms with Crippen LogP contribution in [0.1, 0.15) is 63.9 Å². The molecule has 200 valence electrons. The molecule has 0 bridgehead atoms. The molecule has 8 heteroatoms. The zero-order chi connectivity index (χ0) is 27.2. The Kier molecular flexibility index (Phi) is 6.67. The van der Waals surface area contributed by atoms with Crippen molar-refractivity contribution in [2.45, 2.75) is 65.1 Å². The molecule has 1 aliphatic heterocycles. The van der Waals surface area contributed by atoms with E-state index in [0.717, 1.165) is 35.4 Å². The number of piperidine rings is 1. The molecular formula is C30H37N5O3. The molecule has 0 radical (unpaired) electrons. The number of nitrogens with zero attached hydrogens (tertiary/aromatic N) is 4. The Morgan fingerprint density at radius 1 is 1.08 bits per heavy atom. The molecule has 5 rings (SSSR count). The SMILES string of the molecule is CC(C)n1c(-c2nc3cc(C(=O)N4CCC[C@@H](NC(=O)OC(C)(C)C)C4)ccc3n2C)cc2ccccc21. The van der Waals surface area contributed by atoms with Crippen molar-refractivity contribution in [1.82, 2.24) is 24.3 Å². The van der Waals surface area contributed by atoms with E-state index in [2.05, 4.69) is 58.6 Å². The van der Waals surface area contributed by atoms with Gasteiger partial charge in [-0.05, 0) is 77.8 Å². The molecule has 0 unspecified atom stereocenters. The molecule has 1 saturated heterocycles. The van der Waals surface area contributed by atoms with Crippen molar-refractivity contribution in [3.63, 3.8) is 0 Å². The predicted octanol–water partition coefficient (Wildman–Crippen LogP) is 5.91. The summed E-state index contributed by atoms with van der Waals surface area (Å²) in [5, 5.41) is 4.10. The fourth-order valence-corrected chi connectivity index (χ4v) is 5.40. The summed E-state index contributed by atoms with van der Waals surface area (Å²) in [6.07, 6.45) is 1.19. The van der Waals surface area contributed by atoms with E-state index in [1.165, 1.54) is 10.9 Å². The van der Waals surface area contributed by atoms with Crippen molar-refractivity contribution in [2.75, 3.05) is 13.1 Å². The molecule has 38 heavy (non-hydrogen) atoms. The van der Waals surface area contributed by atoms with Crippen LogP contribution in [0.2, 0.25) is 0 Å². The Morgan fingerprint density at radius 3 is 2.58 bits per heavy atom. The molecule has 1 atom stereocenters.